The van der Waals surface area contributed by atoms with Gasteiger partial charge in [0.1, 0.15) is 0 Å². The Kier molecular flexibility index (Phi) is 6.97. The van der Waals surface area contributed by atoms with Gasteiger partial charge in [0.05, 0.1) is 17.5 Å². The summed E-state index contributed by atoms with van der Waals surface area (Å²) in [4.78, 5) is 17.2. The van der Waals surface area contributed by atoms with Gasteiger partial charge in [0.15, 0.2) is 0 Å². The number of fused-ring (bicyclic) bond motifs is 2. The molecule has 0 spiro atoms. The second-order valence-corrected chi connectivity index (χ2v) is 12.6. The molecule has 7 heteroatoms. The summed E-state index contributed by atoms with van der Waals surface area (Å²) in [6, 6.07) is 24.7. The van der Waals surface area contributed by atoms with Gasteiger partial charge >= 0.3 is 0 Å². The molecule has 1 aliphatic rings. The normalized spacial score (nSPS) is 16.0. The monoisotopic (exact) mass is 518 g/mol. The zero-order valence-electron chi connectivity index (χ0n) is 20.5. The van der Waals surface area contributed by atoms with Crippen LogP contribution in [-0.2, 0) is 21.2 Å². The fraction of sp³-hybridized carbons (Fsp3) is 0.276. The average molecular weight is 519 g/mol. The summed E-state index contributed by atoms with van der Waals surface area (Å²) in [6.45, 7) is 4.60. The number of rotatable bonds is 7. The van der Waals surface area contributed by atoms with Gasteiger partial charge in [0.2, 0.25) is 15.9 Å². The van der Waals surface area contributed by atoms with E-state index in [1.807, 2.05) is 79.4 Å². The molecule has 186 valence electrons. The van der Waals surface area contributed by atoms with Crippen molar-refractivity contribution in [3.8, 4) is 0 Å². The van der Waals surface area contributed by atoms with Gasteiger partial charge in [-0.1, -0.05) is 74.5 Å². The van der Waals surface area contributed by atoms with Crippen LogP contribution in [0.15, 0.2) is 89.1 Å². The number of hydrogen-bond acceptors (Lipinski definition) is 4. The van der Waals surface area contributed by atoms with Crippen molar-refractivity contribution in [2.75, 3.05) is 19.6 Å². The highest BCUT2D eigenvalue weighted by atomic mass is 32.2. The van der Waals surface area contributed by atoms with Gasteiger partial charge in [-0.3, -0.25) is 4.79 Å². The lowest BCUT2D eigenvalue weighted by atomic mass is 9.93. The van der Waals surface area contributed by atoms with E-state index < -0.39 is 10.0 Å². The van der Waals surface area contributed by atoms with Crippen molar-refractivity contribution >= 4 is 38.0 Å². The zero-order chi connectivity index (χ0) is 25.3. The number of benzene rings is 3. The highest BCUT2D eigenvalue weighted by Gasteiger charge is 2.35. The Morgan fingerprint density at radius 3 is 2.47 bits per heavy atom. The molecule has 0 saturated carbocycles. The lowest BCUT2D eigenvalue weighted by Crippen LogP contribution is -2.47. The largest absolute Gasteiger partial charge is 0.330 e. The van der Waals surface area contributed by atoms with Crippen molar-refractivity contribution in [1.29, 1.82) is 0 Å². The molecule has 5 rings (SSSR count). The summed E-state index contributed by atoms with van der Waals surface area (Å²) in [6.07, 6.45) is 0.781. The molecule has 0 N–H and O–H groups in total. The molecule has 2 heterocycles. The Hall–Kier alpha value is -3.00. The Labute approximate surface area is 217 Å². The molecule has 36 heavy (non-hydrogen) atoms. The van der Waals surface area contributed by atoms with Crippen molar-refractivity contribution in [2.24, 2.45) is 5.92 Å². The Morgan fingerprint density at radius 1 is 1.00 bits per heavy atom. The minimum absolute atomic E-state index is 0.0720. The maximum atomic E-state index is 13.8. The molecule has 0 radical (unpaired) electrons. The number of thiophene rings is 1. The van der Waals surface area contributed by atoms with E-state index in [1.165, 1.54) is 9.18 Å². The molecule has 0 bridgehead atoms. The van der Waals surface area contributed by atoms with Crippen LogP contribution in [-0.4, -0.2) is 43.2 Å². The molecule has 0 saturated heterocycles. The Balaban J connectivity index is 1.47. The number of nitrogens with zero attached hydrogens (tertiary/aromatic N) is 2. The Morgan fingerprint density at radius 2 is 1.72 bits per heavy atom. The third kappa shape index (κ3) is 4.83. The van der Waals surface area contributed by atoms with Crippen LogP contribution in [0, 0.1) is 5.92 Å². The number of carbonyl (C=O) groups excluding carboxylic acids is 1. The molecule has 1 amide bonds. The summed E-state index contributed by atoms with van der Waals surface area (Å²) in [5.41, 5.74) is 2.18. The minimum Gasteiger partial charge on any atom is -0.330 e. The topological polar surface area (TPSA) is 57.7 Å². The summed E-state index contributed by atoms with van der Waals surface area (Å²) in [5, 5.41) is 3.91. The first kappa shape index (κ1) is 24.7. The van der Waals surface area contributed by atoms with Crippen molar-refractivity contribution in [3.05, 3.63) is 100 Å². The van der Waals surface area contributed by atoms with Crippen molar-refractivity contribution in [2.45, 2.75) is 31.2 Å². The smallest absolute Gasteiger partial charge is 0.243 e. The molecular weight excluding hydrogens is 488 g/mol. The zero-order valence-corrected chi connectivity index (χ0v) is 22.1. The molecule has 4 aromatic rings. The quantitative estimate of drug-likeness (QED) is 0.314. The first-order chi connectivity index (χ1) is 17.3. The van der Waals surface area contributed by atoms with Crippen molar-refractivity contribution in [1.82, 2.24) is 9.21 Å². The highest BCUT2D eigenvalue weighted by molar-refractivity contribution is 7.89. The van der Waals surface area contributed by atoms with Crippen LogP contribution < -0.4 is 0 Å². The predicted octanol–water partition coefficient (Wildman–Crippen LogP) is 5.72. The maximum absolute atomic E-state index is 13.8. The van der Waals surface area contributed by atoms with Crippen LogP contribution >= 0.6 is 11.3 Å². The highest BCUT2D eigenvalue weighted by Crippen LogP contribution is 2.38. The fourth-order valence-electron chi connectivity index (χ4n) is 4.95. The first-order valence-corrected chi connectivity index (χ1v) is 14.6. The van der Waals surface area contributed by atoms with E-state index in [9.17, 15) is 13.2 Å². The van der Waals surface area contributed by atoms with Crippen molar-refractivity contribution in [3.63, 3.8) is 0 Å². The average Bonchev–Trinajstić information content (AvgIpc) is 3.36. The lowest BCUT2D eigenvalue weighted by molar-refractivity contribution is -0.133. The van der Waals surface area contributed by atoms with E-state index in [0.717, 1.165) is 28.3 Å². The van der Waals surface area contributed by atoms with Crippen LogP contribution in [0.1, 0.15) is 35.9 Å². The van der Waals surface area contributed by atoms with E-state index in [1.54, 1.807) is 23.5 Å². The van der Waals surface area contributed by atoms with Gasteiger partial charge in [0, 0.05) is 18.0 Å². The summed E-state index contributed by atoms with van der Waals surface area (Å²) in [5.74, 6) is -0.103. The molecule has 0 aliphatic carbocycles. The predicted molar refractivity (Wildman–Crippen MR) is 146 cm³/mol. The molecular formula is C29H30N2O3S2. The van der Waals surface area contributed by atoms with Gasteiger partial charge in [-0.25, -0.2) is 8.42 Å². The van der Waals surface area contributed by atoms with E-state index in [-0.39, 0.29) is 35.9 Å². The van der Waals surface area contributed by atoms with Crippen LogP contribution in [0.2, 0.25) is 0 Å². The number of hydrogen-bond donors (Lipinski definition) is 0. The van der Waals surface area contributed by atoms with Gasteiger partial charge < -0.3 is 4.90 Å². The minimum atomic E-state index is -3.87. The first-order valence-electron chi connectivity index (χ1n) is 12.2. The molecule has 5 nitrogen and oxygen atoms in total. The van der Waals surface area contributed by atoms with E-state index in [2.05, 4.69) is 11.4 Å². The fourth-order valence-corrected chi connectivity index (χ4v) is 7.45. The van der Waals surface area contributed by atoms with E-state index in [0.29, 0.717) is 6.54 Å². The third-order valence-corrected chi connectivity index (χ3v) is 9.44. The standard InChI is InChI=1S/C29H30N2O3S2/c1-21(2)19-30(36(33,34)25-13-12-22-8-6-7-11-24(22)18-25)20-28(32)31-16-14-27-26(15-17-35-27)29(31)23-9-4-3-5-10-23/h3-13,15,17-18,21,29H,14,16,19-20H2,1-2H3. The van der Waals surface area contributed by atoms with Gasteiger partial charge in [-0.05, 0) is 57.8 Å². The number of sulfonamides is 1. The third-order valence-electron chi connectivity index (χ3n) is 6.64. The molecule has 1 aliphatic heterocycles. The van der Waals surface area contributed by atoms with E-state index >= 15 is 0 Å². The molecule has 1 atom stereocenters. The second-order valence-electron chi connectivity index (χ2n) is 9.65. The van der Waals surface area contributed by atoms with Crippen LogP contribution in [0.25, 0.3) is 10.8 Å². The molecule has 1 unspecified atom stereocenters. The van der Waals surface area contributed by atoms with Crippen LogP contribution in [0.3, 0.4) is 0 Å². The molecule has 1 aromatic heterocycles. The van der Waals surface area contributed by atoms with Gasteiger partial charge in [-0.15, -0.1) is 11.3 Å². The number of amides is 1. The SMILES string of the molecule is CC(C)CN(CC(=O)N1CCc2sccc2C1c1ccccc1)S(=O)(=O)c1ccc2ccccc2c1. The maximum Gasteiger partial charge on any atom is 0.243 e. The van der Waals surface area contributed by atoms with E-state index in [4.69, 9.17) is 0 Å². The van der Waals surface area contributed by atoms with Crippen LogP contribution in [0.5, 0.6) is 0 Å². The summed E-state index contributed by atoms with van der Waals surface area (Å²) < 4.78 is 28.9. The summed E-state index contributed by atoms with van der Waals surface area (Å²) in [7, 11) is -3.87. The lowest BCUT2D eigenvalue weighted by Gasteiger charge is -2.37. The molecule has 3 aromatic carbocycles. The summed E-state index contributed by atoms with van der Waals surface area (Å²) >= 11 is 1.72. The molecule has 0 fully saturated rings. The second kappa shape index (κ2) is 10.2. The number of carbonyl (C=O) groups is 1. The van der Waals surface area contributed by atoms with Crippen molar-refractivity contribution < 1.29 is 13.2 Å². The van der Waals surface area contributed by atoms with Gasteiger partial charge in [0.25, 0.3) is 0 Å². The Bertz CT molecular complexity index is 1480. The van der Waals surface area contributed by atoms with Crippen LogP contribution in [0.4, 0.5) is 0 Å². The van der Waals surface area contributed by atoms with Gasteiger partial charge in [-0.2, -0.15) is 4.31 Å².